The molecule has 4 rings (SSSR count). The first-order valence-electron chi connectivity index (χ1n) is 13.3. The van der Waals surface area contributed by atoms with E-state index in [1.807, 2.05) is 30.3 Å². The molecule has 218 valence electrons. The van der Waals surface area contributed by atoms with Gasteiger partial charge in [-0.05, 0) is 42.5 Å². The SMILES string of the molecule is COc1cc(C(=O)OCc2ccccc2)ccc1Nc1ncc(C(F)(F)F)c(NC[C@@H]2CCCC[C@H]2NC(C)=O)n1. The monoisotopic (exact) mass is 571 g/mol. The summed E-state index contributed by atoms with van der Waals surface area (Å²) in [4.78, 5) is 32.1. The van der Waals surface area contributed by atoms with Gasteiger partial charge in [-0.2, -0.15) is 18.2 Å². The fourth-order valence-electron chi connectivity index (χ4n) is 4.76. The van der Waals surface area contributed by atoms with E-state index in [2.05, 4.69) is 25.9 Å². The third kappa shape index (κ3) is 8.09. The number of hydrogen-bond acceptors (Lipinski definition) is 8. The van der Waals surface area contributed by atoms with Gasteiger partial charge >= 0.3 is 12.1 Å². The first-order valence-corrected chi connectivity index (χ1v) is 13.3. The van der Waals surface area contributed by atoms with E-state index in [1.54, 1.807) is 0 Å². The molecule has 1 saturated carbocycles. The van der Waals surface area contributed by atoms with E-state index in [4.69, 9.17) is 9.47 Å². The van der Waals surface area contributed by atoms with Crippen LogP contribution in [0.2, 0.25) is 0 Å². The molecule has 41 heavy (non-hydrogen) atoms. The molecule has 1 amide bonds. The number of anilines is 3. The fraction of sp³-hybridized carbons (Fsp3) is 0.379. The van der Waals surface area contributed by atoms with Crippen molar-refractivity contribution in [3.05, 3.63) is 71.4 Å². The van der Waals surface area contributed by atoms with Crippen LogP contribution in [0.3, 0.4) is 0 Å². The number of rotatable bonds is 10. The van der Waals surface area contributed by atoms with Crippen LogP contribution in [0.25, 0.3) is 0 Å². The van der Waals surface area contributed by atoms with Crippen LogP contribution in [0, 0.1) is 5.92 Å². The summed E-state index contributed by atoms with van der Waals surface area (Å²) in [6.45, 7) is 1.73. The van der Waals surface area contributed by atoms with Crippen molar-refractivity contribution in [3.8, 4) is 5.75 Å². The molecule has 0 bridgehead atoms. The Labute approximate surface area is 235 Å². The first-order chi connectivity index (χ1) is 19.6. The number of aromatic nitrogens is 2. The van der Waals surface area contributed by atoms with Gasteiger partial charge in [-0.1, -0.05) is 43.2 Å². The minimum atomic E-state index is -4.68. The average molecular weight is 572 g/mol. The number of alkyl halides is 3. The highest BCUT2D eigenvalue weighted by Gasteiger charge is 2.36. The van der Waals surface area contributed by atoms with Gasteiger partial charge < -0.3 is 25.4 Å². The van der Waals surface area contributed by atoms with Crippen LogP contribution >= 0.6 is 0 Å². The third-order valence-electron chi connectivity index (χ3n) is 6.82. The van der Waals surface area contributed by atoms with Gasteiger partial charge in [-0.25, -0.2) is 9.78 Å². The topological polar surface area (TPSA) is 114 Å². The lowest BCUT2D eigenvalue weighted by Gasteiger charge is -2.32. The van der Waals surface area contributed by atoms with Crippen LogP contribution < -0.4 is 20.7 Å². The zero-order valence-corrected chi connectivity index (χ0v) is 22.8. The van der Waals surface area contributed by atoms with Crippen molar-refractivity contribution in [1.82, 2.24) is 15.3 Å². The molecular weight excluding hydrogens is 539 g/mol. The number of nitrogens with zero attached hydrogens (tertiary/aromatic N) is 2. The quantitative estimate of drug-likeness (QED) is 0.265. The van der Waals surface area contributed by atoms with Gasteiger partial charge in [0.25, 0.3) is 0 Å². The number of ether oxygens (including phenoxy) is 2. The van der Waals surface area contributed by atoms with Crippen LogP contribution in [-0.2, 0) is 22.3 Å². The number of carbonyl (C=O) groups excluding carboxylic acids is 2. The Morgan fingerprint density at radius 3 is 2.54 bits per heavy atom. The highest BCUT2D eigenvalue weighted by Crippen LogP contribution is 2.35. The maximum atomic E-state index is 13.8. The van der Waals surface area contributed by atoms with Crippen molar-refractivity contribution in [2.45, 2.75) is 51.4 Å². The van der Waals surface area contributed by atoms with Crippen molar-refractivity contribution >= 4 is 29.3 Å². The first kappa shape index (κ1) is 29.6. The lowest BCUT2D eigenvalue weighted by Crippen LogP contribution is -2.43. The van der Waals surface area contributed by atoms with Crippen LogP contribution in [0.5, 0.6) is 5.75 Å². The summed E-state index contributed by atoms with van der Waals surface area (Å²) < 4.78 is 52.1. The van der Waals surface area contributed by atoms with Gasteiger partial charge in [-0.3, -0.25) is 4.79 Å². The highest BCUT2D eigenvalue weighted by atomic mass is 19.4. The molecule has 1 fully saturated rings. The lowest BCUT2D eigenvalue weighted by atomic mass is 9.84. The molecule has 0 aliphatic heterocycles. The van der Waals surface area contributed by atoms with Crippen molar-refractivity contribution in [2.24, 2.45) is 5.92 Å². The lowest BCUT2D eigenvalue weighted by molar-refractivity contribution is -0.137. The molecule has 1 heterocycles. The van der Waals surface area contributed by atoms with E-state index < -0.39 is 17.7 Å². The highest BCUT2D eigenvalue weighted by molar-refractivity contribution is 5.91. The van der Waals surface area contributed by atoms with Crippen molar-refractivity contribution in [2.75, 3.05) is 24.3 Å². The standard InChI is InChI=1S/C29H32F3N5O4/c1-18(38)35-23-11-7-6-10-21(23)15-33-26-22(29(30,31)32)16-34-28(37-26)36-24-13-12-20(14-25(24)40-2)27(39)41-17-19-8-4-3-5-9-19/h3-5,8-9,12-14,16,21,23H,6-7,10-11,15,17H2,1-2H3,(H,35,38)(H2,33,34,36,37)/t21-,23+/m0/s1. The van der Waals surface area contributed by atoms with E-state index in [0.29, 0.717) is 11.9 Å². The molecule has 1 aliphatic rings. The van der Waals surface area contributed by atoms with Gasteiger partial charge in [0.15, 0.2) is 0 Å². The second kappa shape index (κ2) is 13.3. The summed E-state index contributed by atoms with van der Waals surface area (Å²) in [6.07, 6.45) is -0.546. The van der Waals surface area contributed by atoms with Gasteiger partial charge in [0.05, 0.1) is 18.4 Å². The zero-order valence-electron chi connectivity index (χ0n) is 22.8. The zero-order chi connectivity index (χ0) is 29.4. The third-order valence-corrected chi connectivity index (χ3v) is 6.82. The molecule has 2 aromatic carbocycles. The Morgan fingerprint density at radius 2 is 1.83 bits per heavy atom. The maximum absolute atomic E-state index is 13.8. The van der Waals surface area contributed by atoms with Crippen LogP contribution in [0.15, 0.2) is 54.7 Å². The Balaban J connectivity index is 1.49. The van der Waals surface area contributed by atoms with Crippen molar-refractivity contribution in [3.63, 3.8) is 0 Å². The van der Waals surface area contributed by atoms with Crippen molar-refractivity contribution in [1.29, 1.82) is 0 Å². The van der Waals surface area contributed by atoms with Gasteiger partial charge in [0.2, 0.25) is 11.9 Å². The average Bonchev–Trinajstić information content (AvgIpc) is 2.95. The summed E-state index contributed by atoms with van der Waals surface area (Å²) in [5, 5.41) is 8.63. The Morgan fingerprint density at radius 1 is 1.07 bits per heavy atom. The number of halogens is 3. The van der Waals surface area contributed by atoms with Crippen LogP contribution in [0.1, 0.15) is 54.1 Å². The minimum Gasteiger partial charge on any atom is -0.495 e. The van der Waals surface area contributed by atoms with Gasteiger partial charge in [-0.15, -0.1) is 0 Å². The van der Waals surface area contributed by atoms with Crippen LogP contribution in [-0.4, -0.2) is 41.5 Å². The summed E-state index contributed by atoms with van der Waals surface area (Å²) in [5.74, 6) is -0.999. The molecule has 3 aromatic rings. The van der Waals surface area contributed by atoms with E-state index >= 15 is 0 Å². The Kier molecular flexibility index (Phi) is 9.64. The van der Waals surface area contributed by atoms with E-state index in [1.165, 1.54) is 32.2 Å². The second-order valence-electron chi connectivity index (χ2n) is 9.79. The Hall–Kier alpha value is -4.35. The smallest absolute Gasteiger partial charge is 0.421 e. The molecule has 0 unspecified atom stereocenters. The number of benzene rings is 2. The minimum absolute atomic E-state index is 0.0469. The molecule has 0 radical (unpaired) electrons. The summed E-state index contributed by atoms with van der Waals surface area (Å²) in [5.41, 5.74) is 0.415. The molecule has 0 spiro atoms. The summed E-state index contributed by atoms with van der Waals surface area (Å²) in [7, 11) is 1.40. The predicted molar refractivity (Wildman–Crippen MR) is 147 cm³/mol. The van der Waals surface area contributed by atoms with Crippen LogP contribution in [0.4, 0.5) is 30.6 Å². The van der Waals surface area contributed by atoms with E-state index in [0.717, 1.165) is 31.2 Å². The molecule has 9 nitrogen and oxygen atoms in total. The summed E-state index contributed by atoms with van der Waals surface area (Å²) >= 11 is 0. The molecule has 1 aromatic heterocycles. The number of carbonyl (C=O) groups is 2. The van der Waals surface area contributed by atoms with Gasteiger partial charge in [0.1, 0.15) is 23.7 Å². The van der Waals surface area contributed by atoms with Gasteiger partial charge in [0, 0.05) is 25.7 Å². The van der Waals surface area contributed by atoms with E-state index in [-0.39, 0.29) is 54.1 Å². The molecular formula is C29H32F3N5O4. The fourth-order valence-corrected chi connectivity index (χ4v) is 4.76. The largest absolute Gasteiger partial charge is 0.495 e. The molecule has 12 heteroatoms. The predicted octanol–water partition coefficient (Wildman–Crippen LogP) is 5.71. The number of esters is 1. The number of amides is 1. The molecule has 3 N–H and O–H groups in total. The normalized spacial score (nSPS) is 16.9. The number of hydrogen-bond donors (Lipinski definition) is 3. The maximum Gasteiger partial charge on any atom is 0.421 e. The number of methoxy groups -OCH3 is 1. The molecule has 2 atom stereocenters. The summed E-state index contributed by atoms with van der Waals surface area (Å²) in [6, 6.07) is 13.6. The van der Waals surface area contributed by atoms with Crippen molar-refractivity contribution < 1.29 is 32.2 Å². The molecule has 1 aliphatic carbocycles. The molecule has 0 saturated heterocycles. The second-order valence-corrected chi connectivity index (χ2v) is 9.79. The Bertz CT molecular complexity index is 1350. The van der Waals surface area contributed by atoms with E-state index in [9.17, 15) is 22.8 Å². The number of nitrogens with one attached hydrogen (secondary N) is 3.